The average Bonchev–Trinajstić information content (AvgIpc) is 3.90. The van der Waals surface area contributed by atoms with Gasteiger partial charge in [-0.3, -0.25) is 9.69 Å². The molecule has 3 atom stereocenters. The number of aliphatic hydroxyl groups excluding tert-OH is 2. The van der Waals surface area contributed by atoms with E-state index < -0.39 is 29.6 Å². The van der Waals surface area contributed by atoms with Gasteiger partial charge in [0.1, 0.15) is 11.5 Å². The van der Waals surface area contributed by atoms with Gasteiger partial charge in [0.15, 0.2) is 5.78 Å². The number of β-amino-alcohol motifs (C(OH)–C–C–N with tert-alkyl or cyclic N) is 1. The van der Waals surface area contributed by atoms with E-state index in [9.17, 15) is 36.2 Å². The van der Waals surface area contributed by atoms with Crippen LogP contribution < -0.4 is 39.0 Å². The normalized spacial score (nSPS) is 16.8. The number of aromatic amines is 2. The van der Waals surface area contributed by atoms with Crippen molar-refractivity contribution in [2.75, 3.05) is 59.6 Å². The van der Waals surface area contributed by atoms with E-state index >= 15 is 0 Å². The Morgan fingerprint density at radius 1 is 0.721 bits per heavy atom. The van der Waals surface area contributed by atoms with Crippen molar-refractivity contribution in [3.05, 3.63) is 130 Å². The Morgan fingerprint density at radius 2 is 1.16 bits per heavy atom. The van der Waals surface area contributed by atoms with Crippen LogP contribution in [0.5, 0.6) is 11.5 Å². The maximum atomic E-state index is 12.9. The number of likely N-dealkylation sites (tertiary alicyclic amines) is 2. The molecule has 4 heterocycles. The number of benzene rings is 4. The number of hydrogen-bond acceptors (Lipinski definition) is 7. The maximum absolute atomic E-state index is 12.9. The first kappa shape index (κ1) is 60.4. The van der Waals surface area contributed by atoms with Gasteiger partial charge in [-0.15, -0.1) is 0 Å². The van der Waals surface area contributed by atoms with Crippen LogP contribution in [-0.2, 0) is 12.4 Å². The Labute approximate surface area is 429 Å². The Hall–Kier alpha value is -3.71. The fraction of sp³-hybridized carbons (Fsp3) is 0.408. The van der Waals surface area contributed by atoms with E-state index in [1.54, 1.807) is 18.3 Å². The molecule has 2 aliphatic heterocycles. The van der Waals surface area contributed by atoms with Crippen molar-refractivity contribution in [3.63, 3.8) is 0 Å². The molecule has 68 heavy (non-hydrogen) atoms. The summed E-state index contributed by atoms with van der Waals surface area (Å²) in [6.45, 7) is 4.81. The van der Waals surface area contributed by atoms with Crippen molar-refractivity contribution in [1.29, 1.82) is 0 Å². The molecule has 2 saturated heterocycles. The Balaban J connectivity index is 0.000000623. The van der Waals surface area contributed by atoms with Crippen molar-refractivity contribution in [1.82, 2.24) is 19.8 Å². The van der Waals surface area contributed by atoms with Crippen LogP contribution in [-0.4, -0.2) is 104 Å². The Kier molecular flexibility index (Phi) is 24.5. The van der Waals surface area contributed by atoms with Crippen LogP contribution in [0.1, 0.15) is 75.1 Å². The monoisotopic (exact) mass is 1000 g/mol. The third-order valence-corrected chi connectivity index (χ3v) is 11.8. The minimum absolute atomic E-state index is 0. The first-order valence-corrected chi connectivity index (χ1v) is 21.6. The number of nitrogens with zero attached hydrogens (tertiary/aromatic N) is 2. The van der Waals surface area contributed by atoms with Crippen molar-refractivity contribution in [3.8, 4) is 11.5 Å². The van der Waals surface area contributed by atoms with Crippen molar-refractivity contribution >= 4 is 59.2 Å². The largest absolute Gasteiger partial charge is 1.00 e. The fourth-order valence-corrected chi connectivity index (χ4v) is 8.48. The second-order valence-electron chi connectivity index (χ2n) is 15.9. The summed E-state index contributed by atoms with van der Waals surface area (Å²) in [5, 5.41) is 20.7. The molecule has 3 radical (unpaired) electrons. The number of carbonyl (C=O) groups excluding carboxylic acids is 1. The number of carbonyl (C=O) groups is 1. The number of nitrogens with one attached hydrogen (secondary N) is 2. The van der Waals surface area contributed by atoms with Crippen LogP contribution in [0.3, 0.4) is 0 Å². The summed E-state index contributed by atoms with van der Waals surface area (Å²) in [6, 6.07) is 20.5. The number of alkyl halides is 6. The molecule has 0 amide bonds. The van der Waals surface area contributed by atoms with Crippen LogP contribution in [0.15, 0.2) is 97.3 Å². The quantitative estimate of drug-likeness (QED) is 0.0550. The summed E-state index contributed by atoms with van der Waals surface area (Å²) in [5.74, 6) is 1.33. The van der Waals surface area contributed by atoms with E-state index in [4.69, 9.17) is 37.8 Å². The van der Waals surface area contributed by atoms with E-state index in [1.807, 2.05) is 30.5 Å². The summed E-state index contributed by atoms with van der Waals surface area (Å²) in [7, 11) is 1.00. The van der Waals surface area contributed by atoms with Crippen LogP contribution in [0.25, 0.3) is 21.8 Å². The molecular formula is C49H59BCl2F6N4NaO5. The Morgan fingerprint density at radius 3 is 1.66 bits per heavy atom. The minimum Gasteiger partial charge on any atom is -1.00 e. The number of aromatic nitrogens is 2. The zero-order valence-electron chi connectivity index (χ0n) is 37.6. The molecule has 0 bridgehead atoms. The Bertz CT molecular complexity index is 2450. The van der Waals surface area contributed by atoms with Gasteiger partial charge in [0.2, 0.25) is 0 Å². The maximum Gasteiger partial charge on any atom is 1.00 e. The second-order valence-corrected chi connectivity index (χ2v) is 16.8. The molecule has 3 unspecified atom stereocenters. The van der Waals surface area contributed by atoms with Gasteiger partial charge in [-0.2, -0.15) is 26.3 Å². The molecule has 4 aromatic carbocycles. The third kappa shape index (κ3) is 16.7. The summed E-state index contributed by atoms with van der Waals surface area (Å²) < 4.78 is 87.5. The molecule has 9 nitrogen and oxygen atoms in total. The van der Waals surface area contributed by atoms with Gasteiger partial charge < -0.3 is 36.0 Å². The SMILES string of the molecule is C.C.CO.O=C(CN1CCCC(COc2ccc(C(F)(F)F)cc2)C1)c1c[nH]c2ccc(Cl)cc12.OC(CN1CCCC(COc2ccc(C(F)(F)F)cc2)C1)c1c[nH]c2ccc(Cl)cc12.[B].[H-].[Na+]. The number of rotatable bonds is 12. The number of aliphatic hydroxyl groups is 2. The molecule has 4 N–H and O–H groups in total. The first-order chi connectivity index (χ1) is 30.6. The van der Waals surface area contributed by atoms with E-state index in [1.165, 1.54) is 24.3 Å². The molecule has 0 spiro atoms. The first-order valence-electron chi connectivity index (χ1n) is 20.8. The van der Waals surface area contributed by atoms with Crippen LogP contribution in [0.2, 0.25) is 10.0 Å². The topological polar surface area (TPSA) is 114 Å². The summed E-state index contributed by atoms with van der Waals surface area (Å²) >= 11 is 12.2. The van der Waals surface area contributed by atoms with E-state index in [0.717, 1.165) is 104 Å². The van der Waals surface area contributed by atoms with Crippen molar-refractivity contribution < 1.29 is 81.8 Å². The summed E-state index contributed by atoms with van der Waals surface area (Å²) in [6.07, 6.45) is -1.96. The zero-order valence-corrected chi connectivity index (χ0v) is 40.1. The number of Topliss-reactive ketones (excluding diaryl/α,β-unsaturated/α-hetero) is 1. The van der Waals surface area contributed by atoms with Crippen LogP contribution in [0.4, 0.5) is 26.3 Å². The van der Waals surface area contributed by atoms with Gasteiger partial charge in [-0.25, -0.2) is 0 Å². The van der Waals surface area contributed by atoms with E-state index in [-0.39, 0.29) is 71.9 Å². The van der Waals surface area contributed by atoms with Crippen molar-refractivity contribution in [2.24, 2.45) is 11.8 Å². The molecule has 2 aromatic heterocycles. The molecule has 2 fully saturated rings. The van der Waals surface area contributed by atoms with Crippen molar-refractivity contribution in [2.45, 2.75) is 59.0 Å². The number of ketones is 1. The van der Waals surface area contributed by atoms with Crippen LogP contribution >= 0.6 is 23.2 Å². The number of H-pyrrole nitrogens is 2. The summed E-state index contributed by atoms with van der Waals surface area (Å²) in [5.41, 5.74) is 1.87. The number of fused-ring (bicyclic) bond motifs is 2. The fourth-order valence-electron chi connectivity index (χ4n) is 8.14. The van der Waals surface area contributed by atoms with Gasteiger partial charge in [0, 0.05) is 102 Å². The summed E-state index contributed by atoms with van der Waals surface area (Å²) in [4.78, 5) is 23.5. The predicted molar refractivity (Wildman–Crippen MR) is 257 cm³/mol. The van der Waals surface area contributed by atoms with Gasteiger partial charge in [-0.1, -0.05) is 38.1 Å². The molecule has 6 aromatic rings. The van der Waals surface area contributed by atoms with E-state index in [2.05, 4.69) is 19.8 Å². The number of ether oxygens (including phenoxy) is 2. The molecular weight excluding hydrogens is 943 g/mol. The number of halogens is 8. The minimum atomic E-state index is -4.36. The van der Waals surface area contributed by atoms with Gasteiger partial charge in [-0.05, 0) is 124 Å². The zero-order chi connectivity index (χ0) is 46.0. The third-order valence-electron chi connectivity index (χ3n) is 11.3. The number of piperidine rings is 2. The molecule has 365 valence electrons. The number of hydrogen-bond donors (Lipinski definition) is 4. The van der Waals surface area contributed by atoms with Gasteiger partial charge in [0.05, 0.1) is 37.0 Å². The average molecular weight is 1000 g/mol. The standard InChI is InChI=1S/C23H24ClF3N2O2.C23H22ClF3N2O2.CH4O.2CH4.B.Na.H/c2*24-17-5-8-21-19(10-17)20(11-28-21)22(30)13-29-9-1-2-15(12-29)14-31-18-6-3-16(4-7-18)23(25,26)27;1-2;;;;;/h3-8,10-11,15,22,28,30H,1-2,9,12-14H2;3-8,10-11,15,28H,1-2,9,12-14H2;2H,1H3;2*1H4;;;/q;;;;;;+1;-1. The predicted octanol–water partition coefficient (Wildman–Crippen LogP) is 9.09. The second kappa shape index (κ2) is 27.6. The van der Waals surface area contributed by atoms with Gasteiger partial charge >= 0.3 is 41.9 Å². The molecule has 8 rings (SSSR count). The molecule has 2 aliphatic rings. The molecule has 0 aliphatic carbocycles. The molecule has 0 saturated carbocycles. The van der Waals surface area contributed by atoms with Crippen LogP contribution in [0, 0.1) is 11.8 Å². The van der Waals surface area contributed by atoms with Gasteiger partial charge in [0.25, 0.3) is 0 Å². The molecule has 19 heteroatoms. The van der Waals surface area contributed by atoms with E-state index in [0.29, 0.717) is 60.0 Å². The smallest absolute Gasteiger partial charge is 1.00 e.